The minimum Gasteiger partial charge on any atom is -0.478 e. The van der Waals surface area contributed by atoms with Crippen molar-refractivity contribution in [1.82, 2.24) is 4.57 Å². The zero-order valence-electron chi connectivity index (χ0n) is 12.0. The summed E-state index contributed by atoms with van der Waals surface area (Å²) in [7, 11) is 0. The first-order chi connectivity index (χ1) is 9.67. The van der Waals surface area contributed by atoms with Crippen molar-refractivity contribution in [1.29, 1.82) is 0 Å². The lowest BCUT2D eigenvalue weighted by Crippen LogP contribution is -2.12. The Morgan fingerprint density at radius 1 is 1.15 bits per heavy atom. The maximum absolute atomic E-state index is 11.4. The normalized spacial score (nSPS) is 10.9. The summed E-state index contributed by atoms with van der Waals surface area (Å²) in [5, 5.41) is 9.37. The smallest absolute Gasteiger partial charge is 0.337 e. The zero-order chi connectivity index (χ0) is 14.5. The minimum atomic E-state index is -0.835. The molecule has 3 nitrogen and oxygen atoms in total. The van der Waals surface area contributed by atoms with Crippen LogP contribution < -0.4 is 0 Å². The number of carboxylic acids is 1. The van der Waals surface area contributed by atoms with Gasteiger partial charge in [0.25, 0.3) is 0 Å². The summed E-state index contributed by atoms with van der Waals surface area (Å²) < 4.78 is 2.08. The van der Waals surface area contributed by atoms with Gasteiger partial charge in [0.1, 0.15) is 0 Å². The molecule has 0 saturated carbocycles. The number of hydrogen-bond acceptors (Lipinski definition) is 1. The van der Waals surface area contributed by atoms with Crippen molar-refractivity contribution < 1.29 is 9.90 Å². The number of benzene rings is 1. The number of carboxylic acid groups (broad SMARTS) is 1. The van der Waals surface area contributed by atoms with Gasteiger partial charge < -0.3 is 9.67 Å². The van der Waals surface area contributed by atoms with E-state index in [0.717, 1.165) is 25.1 Å². The molecular weight excluding hydrogens is 250 g/mol. The number of aromatic nitrogens is 1. The van der Waals surface area contributed by atoms with Crippen LogP contribution in [-0.2, 0) is 6.54 Å². The van der Waals surface area contributed by atoms with Gasteiger partial charge in [-0.1, -0.05) is 44.2 Å². The molecule has 1 heterocycles. The van der Waals surface area contributed by atoms with E-state index in [1.165, 1.54) is 5.56 Å². The second-order valence-electron chi connectivity index (χ2n) is 5.05. The van der Waals surface area contributed by atoms with Gasteiger partial charge in [-0.15, -0.1) is 0 Å². The minimum absolute atomic E-state index is 0.291. The van der Waals surface area contributed by atoms with E-state index >= 15 is 0 Å². The molecule has 2 rings (SSSR count). The van der Waals surface area contributed by atoms with Gasteiger partial charge in [-0.25, -0.2) is 4.79 Å². The summed E-state index contributed by atoms with van der Waals surface area (Å²) >= 11 is 0. The van der Waals surface area contributed by atoms with Crippen LogP contribution in [-0.4, -0.2) is 15.6 Å². The molecule has 1 N–H and O–H groups in total. The quantitative estimate of drug-likeness (QED) is 0.858. The van der Waals surface area contributed by atoms with E-state index in [4.69, 9.17) is 0 Å². The highest BCUT2D eigenvalue weighted by Crippen LogP contribution is 2.28. The van der Waals surface area contributed by atoms with Crippen LogP contribution in [0.25, 0.3) is 0 Å². The predicted octanol–water partition coefficient (Wildman–Crippen LogP) is 4.14. The van der Waals surface area contributed by atoms with Gasteiger partial charge in [0.05, 0.1) is 5.56 Å². The molecule has 20 heavy (non-hydrogen) atoms. The van der Waals surface area contributed by atoms with Crippen LogP contribution in [0.2, 0.25) is 0 Å². The fourth-order valence-corrected chi connectivity index (χ4v) is 2.71. The lowest BCUT2D eigenvalue weighted by molar-refractivity contribution is 0.0695. The third-order valence-electron chi connectivity index (χ3n) is 3.80. The number of hydrogen-bond donors (Lipinski definition) is 1. The van der Waals surface area contributed by atoms with E-state index in [1.54, 1.807) is 6.07 Å². The molecule has 0 aliphatic heterocycles. The highest BCUT2D eigenvalue weighted by Gasteiger charge is 2.21. The molecule has 0 unspecified atom stereocenters. The number of carbonyl (C=O) groups is 1. The molecule has 0 fully saturated rings. The van der Waals surface area contributed by atoms with Gasteiger partial charge in [-0.3, -0.25) is 0 Å². The summed E-state index contributed by atoms with van der Waals surface area (Å²) in [6, 6.07) is 11.9. The van der Waals surface area contributed by atoms with E-state index in [1.807, 2.05) is 24.4 Å². The average molecular weight is 271 g/mol. The van der Waals surface area contributed by atoms with Crippen LogP contribution in [0.1, 0.15) is 54.2 Å². The Hall–Kier alpha value is -2.03. The zero-order valence-corrected chi connectivity index (χ0v) is 12.0. The second kappa shape index (κ2) is 6.42. The molecule has 3 heteroatoms. The Morgan fingerprint density at radius 3 is 2.35 bits per heavy atom. The van der Waals surface area contributed by atoms with E-state index in [2.05, 4.69) is 30.5 Å². The van der Waals surface area contributed by atoms with E-state index < -0.39 is 5.97 Å². The van der Waals surface area contributed by atoms with Gasteiger partial charge in [-0.2, -0.15) is 0 Å². The third kappa shape index (κ3) is 2.93. The summed E-state index contributed by atoms with van der Waals surface area (Å²) in [5.41, 5.74) is 2.58. The SMILES string of the molecule is CCC(CC)c1c(C(=O)O)ccn1Cc1ccccc1. The molecule has 0 aliphatic carbocycles. The Morgan fingerprint density at radius 2 is 1.80 bits per heavy atom. The first-order valence-corrected chi connectivity index (χ1v) is 7.13. The molecule has 0 bridgehead atoms. The summed E-state index contributed by atoms with van der Waals surface area (Å²) in [6.45, 7) is 4.94. The topological polar surface area (TPSA) is 42.2 Å². The van der Waals surface area contributed by atoms with Gasteiger partial charge >= 0.3 is 5.97 Å². The van der Waals surface area contributed by atoms with Crippen LogP contribution in [0.5, 0.6) is 0 Å². The van der Waals surface area contributed by atoms with E-state index in [9.17, 15) is 9.90 Å². The molecule has 0 radical (unpaired) electrons. The summed E-state index contributed by atoms with van der Waals surface area (Å²) in [6.07, 6.45) is 3.80. The average Bonchev–Trinajstić information content (AvgIpc) is 2.86. The van der Waals surface area contributed by atoms with Gasteiger partial charge in [0.2, 0.25) is 0 Å². The molecule has 106 valence electrons. The second-order valence-corrected chi connectivity index (χ2v) is 5.05. The van der Waals surface area contributed by atoms with Crippen LogP contribution >= 0.6 is 0 Å². The Kier molecular flexibility index (Phi) is 4.61. The molecular formula is C17H21NO2. The fourth-order valence-electron chi connectivity index (χ4n) is 2.71. The lowest BCUT2D eigenvalue weighted by Gasteiger charge is -2.18. The Labute approximate surface area is 119 Å². The summed E-state index contributed by atoms with van der Waals surface area (Å²) in [5.74, 6) is -0.543. The van der Waals surface area contributed by atoms with Crippen molar-refractivity contribution in [2.75, 3.05) is 0 Å². The van der Waals surface area contributed by atoms with Crippen molar-refractivity contribution in [2.24, 2.45) is 0 Å². The molecule has 0 amide bonds. The largest absolute Gasteiger partial charge is 0.478 e. The van der Waals surface area contributed by atoms with Crippen LogP contribution in [0.15, 0.2) is 42.6 Å². The standard InChI is InChI=1S/C17H21NO2/c1-3-14(4-2)16-15(17(19)20)10-11-18(16)12-13-8-6-5-7-9-13/h5-11,14H,3-4,12H2,1-2H3,(H,19,20). The highest BCUT2D eigenvalue weighted by molar-refractivity contribution is 5.89. The monoisotopic (exact) mass is 271 g/mol. The molecule has 2 aromatic rings. The van der Waals surface area contributed by atoms with Crippen molar-refractivity contribution >= 4 is 5.97 Å². The lowest BCUT2D eigenvalue weighted by atomic mass is 9.96. The maximum atomic E-state index is 11.4. The maximum Gasteiger partial charge on any atom is 0.337 e. The Balaban J connectivity index is 2.40. The molecule has 0 saturated heterocycles. The van der Waals surface area contributed by atoms with Crippen LogP contribution in [0.3, 0.4) is 0 Å². The molecule has 0 atom stereocenters. The number of aromatic carboxylic acids is 1. The molecule has 1 aromatic carbocycles. The number of rotatable bonds is 6. The van der Waals surface area contributed by atoms with E-state index in [0.29, 0.717) is 11.5 Å². The molecule has 0 aliphatic rings. The predicted molar refractivity (Wildman–Crippen MR) is 80.3 cm³/mol. The van der Waals surface area contributed by atoms with Gasteiger partial charge in [0.15, 0.2) is 0 Å². The van der Waals surface area contributed by atoms with Crippen LogP contribution in [0.4, 0.5) is 0 Å². The van der Waals surface area contributed by atoms with Crippen molar-refractivity contribution in [2.45, 2.75) is 39.2 Å². The third-order valence-corrected chi connectivity index (χ3v) is 3.80. The number of nitrogens with zero attached hydrogens (tertiary/aromatic N) is 1. The van der Waals surface area contributed by atoms with Gasteiger partial charge in [0, 0.05) is 18.4 Å². The fraction of sp³-hybridized carbons (Fsp3) is 0.353. The summed E-state index contributed by atoms with van der Waals surface area (Å²) in [4.78, 5) is 11.4. The molecule has 1 aromatic heterocycles. The van der Waals surface area contributed by atoms with E-state index in [-0.39, 0.29) is 0 Å². The molecule has 0 spiro atoms. The highest BCUT2D eigenvalue weighted by atomic mass is 16.4. The van der Waals surface area contributed by atoms with Crippen LogP contribution in [0, 0.1) is 0 Å². The Bertz CT molecular complexity index is 568. The first kappa shape index (κ1) is 14.4. The first-order valence-electron chi connectivity index (χ1n) is 7.13. The van der Waals surface area contributed by atoms with Crippen molar-refractivity contribution in [3.8, 4) is 0 Å². The van der Waals surface area contributed by atoms with Crippen molar-refractivity contribution in [3.05, 3.63) is 59.4 Å². The van der Waals surface area contributed by atoms with Crippen molar-refractivity contribution in [3.63, 3.8) is 0 Å². The van der Waals surface area contributed by atoms with Gasteiger partial charge in [-0.05, 0) is 30.4 Å².